The summed E-state index contributed by atoms with van der Waals surface area (Å²) in [6.45, 7) is 3.97. The van der Waals surface area contributed by atoms with Crippen molar-refractivity contribution in [3.05, 3.63) is 77.1 Å². The molecule has 0 spiro atoms. The quantitative estimate of drug-likeness (QED) is 0.514. The molecule has 0 aliphatic heterocycles. The average molecular weight is 388 g/mol. The first kappa shape index (κ1) is 18.9. The van der Waals surface area contributed by atoms with Crippen LogP contribution in [0.1, 0.15) is 47.6 Å². The van der Waals surface area contributed by atoms with Crippen molar-refractivity contribution < 1.29 is 9.53 Å². The van der Waals surface area contributed by atoms with Gasteiger partial charge in [-0.25, -0.2) is 10.1 Å². The van der Waals surface area contributed by atoms with Gasteiger partial charge in [-0.15, -0.1) is 0 Å². The number of hydrogen-bond donors (Lipinski definition) is 1. The maximum Gasteiger partial charge on any atom is 0.292 e. The van der Waals surface area contributed by atoms with E-state index < -0.39 is 0 Å². The molecule has 0 saturated carbocycles. The second kappa shape index (κ2) is 8.31. The maximum atomic E-state index is 12.7. The highest BCUT2D eigenvalue weighted by molar-refractivity contribution is 5.95. The summed E-state index contributed by atoms with van der Waals surface area (Å²) < 4.78 is 7.51. The van der Waals surface area contributed by atoms with Crippen LogP contribution >= 0.6 is 0 Å². The maximum absolute atomic E-state index is 12.7. The van der Waals surface area contributed by atoms with Crippen LogP contribution in [0.5, 0.6) is 5.75 Å². The van der Waals surface area contributed by atoms with Gasteiger partial charge in [0.1, 0.15) is 5.75 Å². The van der Waals surface area contributed by atoms with Gasteiger partial charge in [-0.2, -0.15) is 10.2 Å². The Morgan fingerprint density at radius 3 is 2.62 bits per heavy atom. The van der Waals surface area contributed by atoms with E-state index in [4.69, 9.17) is 4.74 Å². The normalized spacial score (nSPS) is 13.1. The molecule has 1 aromatic heterocycles. The molecule has 0 unspecified atom stereocenters. The fraction of sp³-hybridized carbons (Fsp3) is 0.261. The van der Waals surface area contributed by atoms with Gasteiger partial charge in [-0.1, -0.05) is 18.2 Å². The van der Waals surface area contributed by atoms with Gasteiger partial charge in [0.2, 0.25) is 0 Å². The van der Waals surface area contributed by atoms with Crippen LogP contribution in [0.15, 0.2) is 59.7 Å². The van der Waals surface area contributed by atoms with Crippen LogP contribution in [0.25, 0.3) is 5.69 Å². The Bertz CT molecular complexity index is 1020. The summed E-state index contributed by atoms with van der Waals surface area (Å²) in [6.07, 6.45) is 4.58. The smallest absolute Gasteiger partial charge is 0.292 e. The minimum Gasteiger partial charge on any atom is -0.491 e. The van der Waals surface area contributed by atoms with Crippen LogP contribution in [-0.2, 0) is 12.8 Å². The minimum absolute atomic E-state index is 0.131. The number of fused-ring (bicyclic) bond motifs is 1. The third-order valence-electron chi connectivity index (χ3n) is 4.78. The Labute approximate surface area is 170 Å². The first-order valence-electron chi connectivity index (χ1n) is 9.88. The SMILES string of the molecule is CC(C)Oc1ccc(/C=N/NC(=O)c2nn(-c3ccccc3)c3c2CCC3)cc1. The molecule has 6 heteroatoms. The molecule has 0 fully saturated rings. The van der Waals surface area contributed by atoms with E-state index in [2.05, 4.69) is 15.6 Å². The van der Waals surface area contributed by atoms with Crippen molar-refractivity contribution in [2.45, 2.75) is 39.2 Å². The first-order valence-corrected chi connectivity index (χ1v) is 9.88. The predicted molar refractivity (Wildman–Crippen MR) is 113 cm³/mol. The largest absolute Gasteiger partial charge is 0.491 e. The predicted octanol–water partition coefficient (Wildman–Crippen LogP) is 3.91. The fourth-order valence-corrected chi connectivity index (χ4v) is 3.53. The summed E-state index contributed by atoms with van der Waals surface area (Å²) in [5.74, 6) is 0.525. The van der Waals surface area contributed by atoms with Gasteiger partial charge >= 0.3 is 0 Å². The monoisotopic (exact) mass is 388 g/mol. The molecule has 0 saturated heterocycles. The second-order valence-corrected chi connectivity index (χ2v) is 7.31. The fourth-order valence-electron chi connectivity index (χ4n) is 3.53. The zero-order valence-electron chi connectivity index (χ0n) is 16.6. The van der Waals surface area contributed by atoms with E-state index in [1.54, 1.807) is 6.21 Å². The van der Waals surface area contributed by atoms with E-state index in [-0.39, 0.29) is 12.0 Å². The molecule has 4 rings (SSSR count). The van der Waals surface area contributed by atoms with E-state index >= 15 is 0 Å². The van der Waals surface area contributed by atoms with Crippen molar-refractivity contribution in [1.29, 1.82) is 0 Å². The second-order valence-electron chi connectivity index (χ2n) is 7.31. The van der Waals surface area contributed by atoms with E-state index in [0.717, 1.165) is 47.5 Å². The molecule has 29 heavy (non-hydrogen) atoms. The van der Waals surface area contributed by atoms with Crippen LogP contribution in [0.2, 0.25) is 0 Å². The lowest BCUT2D eigenvalue weighted by molar-refractivity contribution is 0.0949. The van der Waals surface area contributed by atoms with Crippen LogP contribution in [-0.4, -0.2) is 28.0 Å². The van der Waals surface area contributed by atoms with E-state index in [1.165, 1.54) is 0 Å². The molecular formula is C23H24N4O2. The zero-order valence-corrected chi connectivity index (χ0v) is 16.6. The Morgan fingerprint density at radius 1 is 1.14 bits per heavy atom. The number of aromatic nitrogens is 2. The third-order valence-corrected chi connectivity index (χ3v) is 4.78. The number of rotatable bonds is 6. The molecule has 1 heterocycles. The molecule has 148 valence electrons. The van der Waals surface area contributed by atoms with Crippen LogP contribution in [0, 0.1) is 0 Å². The van der Waals surface area contributed by atoms with E-state index in [1.807, 2.05) is 73.1 Å². The first-order chi connectivity index (χ1) is 14.1. The molecule has 1 aliphatic rings. The number of carbonyl (C=O) groups excluding carboxylic acids is 1. The number of para-hydroxylation sites is 1. The molecule has 2 aromatic carbocycles. The Hall–Kier alpha value is -3.41. The topological polar surface area (TPSA) is 68.5 Å². The van der Waals surface area contributed by atoms with E-state index in [9.17, 15) is 4.79 Å². The van der Waals surface area contributed by atoms with Gasteiger partial charge in [0.25, 0.3) is 5.91 Å². The summed E-state index contributed by atoms with van der Waals surface area (Å²) in [4.78, 5) is 12.7. The number of amides is 1. The highest BCUT2D eigenvalue weighted by Gasteiger charge is 2.26. The molecule has 0 atom stereocenters. The van der Waals surface area contributed by atoms with E-state index in [0.29, 0.717) is 5.69 Å². The van der Waals surface area contributed by atoms with Gasteiger partial charge in [-0.05, 0) is 75.1 Å². The van der Waals surface area contributed by atoms with Crippen molar-refractivity contribution in [2.75, 3.05) is 0 Å². The van der Waals surface area contributed by atoms with Crippen molar-refractivity contribution in [2.24, 2.45) is 5.10 Å². The lowest BCUT2D eigenvalue weighted by atomic mass is 10.2. The summed E-state index contributed by atoms with van der Waals surface area (Å²) in [6, 6.07) is 17.5. The molecule has 3 aromatic rings. The Kier molecular flexibility index (Phi) is 5.42. The summed E-state index contributed by atoms with van der Waals surface area (Å²) in [7, 11) is 0. The van der Waals surface area contributed by atoms with Gasteiger partial charge in [0.15, 0.2) is 5.69 Å². The number of carbonyl (C=O) groups is 1. The van der Waals surface area contributed by atoms with Crippen molar-refractivity contribution >= 4 is 12.1 Å². The zero-order chi connectivity index (χ0) is 20.2. The highest BCUT2D eigenvalue weighted by atomic mass is 16.5. The Morgan fingerprint density at radius 2 is 1.90 bits per heavy atom. The van der Waals surface area contributed by atoms with Crippen LogP contribution in [0.3, 0.4) is 0 Å². The molecule has 6 nitrogen and oxygen atoms in total. The van der Waals surface area contributed by atoms with Crippen LogP contribution < -0.4 is 10.2 Å². The van der Waals surface area contributed by atoms with Crippen LogP contribution in [0.4, 0.5) is 0 Å². The lowest BCUT2D eigenvalue weighted by Crippen LogP contribution is -2.20. The molecular weight excluding hydrogens is 364 g/mol. The summed E-state index contributed by atoms with van der Waals surface area (Å²) >= 11 is 0. The number of nitrogens with one attached hydrogen (secondary N) is 1. The molecule has 0 bridgehead atoms. The van der Waals surface area contributed by atoms with Crippen molar-refractivity contribution in [1.82, 2.24) is 15.2 Å². The summed E-state index contributed by atoms with van der Waals surface area (Å²) in [5, 5.41) is 8.68. The number of hydrogen-bond acceptors (Lipinski definition) is 4. The van der Waals surface area contributed by atoms with Crippen molar-refractivity contribution in [3.8, 4) is 11.4 Å². The number of nitrogens with zero attached hydrogens (tertiary/aromatic N) is 3. The number of hydrazone groups is 1. The standard InChI is InChI=1S/C23H24N4O2/c1-16(2)29-19-13-11-17(12-14-19)15-24-25-23(28)22-20-9-6-10-21(20)27(26-22)18-7-4-3-5-8-18/h3-5,7-8,11-16H,6,9-10H2,1-2H3,(H,25,28)/b24-15+. The Balaban J connectivity index is 1.47. The molecule has 1 aliphatic carbocycles. The lowest BCUT2D eigenvalue weighted by Gasteiger charge is -2.09. The van der Waals surface area contributed by atoms with Gasteiger partial charge in [0, 0.05) is 11.3 Å². The summed E-state index contributed by atoms with van der Waals surface area (Å²) in [5.41, 5.74) is 7.06. The van der Waals surface area contributed by atoms with Gasteiger partial charge in [-0.3, -0.25) is 4.79 Å². The average Bonchev–Trinajstić information content (AvgIpc) is 3.32. The third kappa shape index (κ3) is 4.21. The van der Waals surface area contributed by atoms with Crippen molar-refractivity contribution in [3.63, 3.8) is 0 Å². The van der Waals surface area contributed by atoms with Gasteiger partial charge in [0.05, 0.1) is 18.0 Å². The molecule has 1 N–H and O–H groups in total. The molecule has 0 radical (unpaired) electrons. The van der Waals surface area contributed by atoms with Gasteiger partial charge < -0.3 is 4.74 Å². The molecule has 1 amide bonds. The number of benzene rings is 2. The number of ether oxygens (including phenoxy) is 1. The minimum atomic E-state index is -0.283. The highest BCUT2D eigenvalue weighted by Crippen LogP contribution is 2.27.